The molecule has 0 radical (unpaired) electrons. The van der Waals surface area contributed by atoms with Crippen molar-refractivity contribution < 1.29 is 8.42 Å². The monoisotopic (exact) mass is 452 g/mol. The molecule has 1 heterocycles. The summed E-state index contributed by atoms with van der Waals surface area (Å²) >= 11 is 8.09. The fourth-order valence-electron chi connectivity index (χ4n) is 1.75. The number of halogens is 2. The van der Waals surface area contributed by atoms with Crippen LogP contribution in [-0.4, -0.2) is 15.5 Å². The van der Waals surface area contributed by atoms with Gasteiger partial charge >= 0.3 is 0 Å². The number of thiophene rings is 1. The number of nitrogens with one attached hydrogen (secondary N) is 2. The quantitative estimate of drug-likeness (QED) is 0.716. The molecule has 0 bridgehead atoms. The molecular weight excluding hydrogens is 440 g/mol. The summed E-state index contributed by atoms with van der Waals surface area (Å²) in [5.41, 5.74) is 1.43. The van der Waals surface area contributed by atoms with Crippen LogP contribution in [0.3, 0.4) is 0 Å². The van der Waals surface area contributed by atoms with Crippen molar-refractivity contribution in [1.82, 2.24) is 5.32 Å². The summed E-state index contributed by atoms with van der Waals surface area (Å²) in [6.07, 6.45) is 0. The van der Waals surface area contributed by atoms with Gasteiger partial charge in [0, 0.05) is 15.9 Å². The Morgan fingerprint density at radius 3 is 2.62 bits per heavy atom. The van der Waals surface area contributed by atoms with Crippen molar-refractivity contribution in [2.45, 2.75) is 18.4 Å². The number of hydrogen-bond acceptors (Lipinski definition) is 4. The lowest BCUT2D eigenvalue weighted by atomic mass is 10.2. The first-order valence-electron chi connectivity index (χ1n) is 6.05. The van der Waals surface area contributed by atoms with Gasteiger partial charge in [0.25, 0.3) is 10.0 Å². The second-order valence-electron chi connectivity index (χ2n) is 4.45. The molecule has 2 N–H and O–H groups in total. The first-order chi connectivity index (χ1) is 9.83. The lowest BCUT2D eigenvalue weighted by Crippen LogP contribution is -2.13. The van der Waals surface area contributed by atoms with Gasteiger partial charge in [0.05, 0.1) is 9.47 Å². The largest absolute Gasteiger partial charge is 0.315 e. The van der Waals surface area contributed by atoms with E-state index in [9.17, 15) is 8.42 Å². The highest BCUT2D eigenvalue weighted by molar-refractivity contribution is 9.11. The molecule has 0 saturated heterocycles. The molecule has 0 aliphatic carbocycles. The molecule has 0 atom stereocenters. The molecule has 0 spiro atoms. The zero-order valence-corrected chi connectivity index (χ0v) is 16.2. The summed E-state index contributed by atoms with van der Waals surface area (Å²) in [5.74, 6) is 0. The van der Waals surface area contributed by atoms with Gasteiger partial charge < -0.3 is 5.32 Å². The molecule has 0 unspecified atom stereocenters. The van der Waals surface area contributed by atoms with Crippen LogP contribution in [0.2, 0.25) is 0 Å². The molecule has 0 aliphatic rings. The number of hydrogen-bond donors (Lipinski definition) is 2. The van der Waals surface area contributed by atoms with Crippen LogP contribution in [0.15, 0.2) is 37.4 Å². The summed E-state index contributed by atoms with van der Waals surface area (Å²) < 4.78 is 29.1. The van der Waals surface area contributed by atoms with Gasteiger partial charge in [-0.25, -0.2) is 8.42 Å². The minimum absolute atomic E-state index is 0.261. The van der Waals surface area contributed by atoms with E-state index < -0.39 is 10.0 Å². The Balaban J connectivity index is 2.36. The van der Waals surface area contributed by atoms with Crippen molar-refractivity contribution in [2.75, 3.05) is 11.8 Å². The first kappa shape index (κ1) is 17.0. The maximum atomic E-state index is 12.5. The standard InChI is InChI=1S/C13H14Br2N2O2S2/c1-8-3-4-9(14)5-11(8)17-21(18,19)12-6-10(7-16-2)20-13(12)15/h3-6,16-17H,7H2,1-2H3. The van der Waals surface area contributed by atoms with E-state index in [1.165, 1.54) is 11.3 Å². The number of anilines is 1. The van der Waals surface area contributed by atoms with Gasteiger partial charge in [-0.3, -0.25) is 4.72 Å². The lowest BCUT2D eigenvalue weighted by molar-refractivity contribution is 0.601. The van der Waals surface area contributed by atoms with Crippen LogP contribution >= 0.6 is 43.2 Å². The summed E-state index contributed by atoms with van der Waals surface area (Å²) in [6.45, 7) is 2.49. The van der Waals surface area contributed by atoms with Gasteiger partial charge in [-0.05, 0) is 53.7 Å². The Bertz CT molecular complexity index is 758. The van der Waals surface area contributed by atoms with Crippen molar-refractivity contribution in [1.29, 1.82) is 0 Å². The molecule has 114 valence electrons. The van der Waals surface area contributed by atoms with E-state index in [0.717, 1.165) is 14.9 Å². The number of aryl methyl sites for hydroxylation is 1. The van der Waals surface area contributed by atoms with Crippen LogP contribution in [0.4, 0.5) is 5.69 Å². The molecule has 2 aromatic rings. The van der Waals surface area contributed by atoms with Crippen LogP contribution in [0.1, 0.15) is 10.4 Å². The Morgan fingerprint density at radius 1 is 1.24 bits per heavy atom. The van der Waals surface area contributed by atoms with Gasteiger partial charge in [0.15, 0.2) is 0 Å². The first-order valence-corrected chi connectivity index (χ1v) is 9.94. The van der Waals surface area contributed by atoms with Gasteiger partial charge in [-0.2, -0.15) is 0 Å². The molecule has 0 amide bonds. The molecule has 1 aromatic carbocycles. The van der Waals surface area contributed by atoms with Gasteiger partial charge in [0.2, 0.25) is 0 Å². The van der Waals surface area contributed by atoms with Crippen molar-refractivity contribution in [2.24, 2.45) is 0 Å². The number of benzene rings is 1. The topological polar surface area (TPSA) is 58.2 Å². The predicted molar refractivity (Wildman–Crippen MR) is 94.5 cm³/mol. The van der Waals surface area contributed by atoms with Crippen LogP contribution in [0.25, 0.3) is 0 Å². The van der Waals surface area contributed by atoms with Crippen molar-refractivity contribution in [3.8, 4) is 0 Å². The third-order valence-corrected chi connectivity index (χ3v) is 6.90. The van der Waals surface area contributed by atoms with E-state index in [-0.39, 0.29) is 4.90 Å². The molecule has 0 saturated carbocycles. The highest BCUT2D eigenvalue weighted by atomic mass is 79.9. The van der Waals surface area contributed by atoms with Crippen LogP contribution in [0.5, 0.6) is 0 Å². The van der Waals surface area contributed by atoms with Crippen molar-refractivity contribution in [3.05, 3.63) is 43.0 Å². The molecule has 8 heteroatoms. The van der Waals surface area contributed by atoms with E-state index in [2.05, 4.69) is 41.9 Å². The average molecular weight is 454 g/mol. The molecule has 0 fully saturated rings. The smallest absolute Gasteiger partial charge is 0.263 e. The van der Waals surface area contributed by atoms with Crippen molar-refractivity contribution >= 4 is 58.9 Å². The lowest BCUT2D eigenvalue weighted by Gasteiger charge is -2.10. The average Bonchev–Trinajstić information content (AvgIpc) is 2.76. The number of sulfonamides is 1. The summed E-state index contributed by atoms with van der Waals surface area (Å²) in [4.78, 5) is 1.22. The molecule has 2 rings (SSSR count). The SMILES string of the molecule is CNCc1cc(S(=O)(=O)Nc2cc(Br)ccc2C)c(Br)s1. The van der Waals surface area contributed by atoms with Crippen LogP contribution in [-0.2, 0) is 16.6 Å². The highest BCUT2D eigenvalue weighted by Gasteiger charge is 2.21. The Morgan fingerprint density at radius 2 is 1.95 bits per heavy atom. The third kappa shape index (κ3) is 4.07. The zero-order chi connectivity index (χ0) is 15.6. The second kappa shape index (κ2) is 6.78. The van der Waals surface area contributed by atoms with Gasteiger partial charge in [0.1, 0.15) is 4.90 Å². The predicted octanol–water partition coefficient (Wildman–Crippen LogP) is 4.10. The molecule has 21 heavy (non-hydrogen) atoms. The van der Waals surface area contributed by atoms with Crippen LogP contribution < -0.4 is 10.0 Å². The minimum Gasteiger partial charge on any atom is -0.315 e. The molecule has 1 aromatic heterocycles. The van der Waals surface area contributed by atoms with E-state index in [1.54, 1.807) is 12.1 Å². The third-order valence-electron chi connectivity index (χ3n) is 2.79. The van der Waals surface area contributed by atoms with Gasteiger partial charge in [-0.15, -0.1) is 11.3 Å². The fraction of sp³-hybridized carbons (Fsp3) is 0.231. The van der Waals surface area contributed by atoms with Crippen molar-refractivity contribution in [3.63, 3.8) is 0 Å². The van der Waals surface area contributed by atoms with Crippen LogP contribution in [0, 0.1) is 6.92 Å². The van der Waals surface area contributed by atoms with Gasteiger partial charge in [-0.1, -0.05) is 22.0 Å². The van der Waals surface area contributed by atoms with E-state index in [4.69, 9.17) is 0 Å². The summed E-state index contributed by atoms with van der Waals surface area (Å²) in [5, 5.41) is 3.01. The maximum absolute atomic E-state index is 12.5. The molecule has 4 nitrogen and oxygen atoms in total. The second-order valence-corrected chi connectivity index (χ2v) is 9.47. The zero-order valence-electron chi connectivity index (χ0n) is 11.4. The highest BCUT2D eigenvalue weighted by Crippen LogP contribution is 2.33. The molecular formula is C13H14Br2N2O2S2. The Kier molecular flexibility index (Phi) is 5.48. The minimum atomic E-state index is -3.62. The van der Waals surface area contributed by atoms with E-state index in [1.807, 2.05) is 26.1 Å². The Hall–Kier alpha value is -0.410. The maximum Gasteiger partial charge on any atom is 0.263 e. The van der Waals surface area contributed by atoms with E-state index in [0.29, 0.717) is 16.0 Å². The Labute approximate surface area is 145 Å². The van der Waals surface area contributed by atoms with E-state index >= 15 is 0 Å². The molecule has 0 aliphatic heterocycles. The summed E-state index contributed by atoms with van der Waals surface area (Å²) in [6, 6.07) is 7.16. The summed E-state index contributed by atoms with van der Waals surface area (Å²) in [7, 11) is -1.79. The number of rotatable bonds is 5. The fourth-order valence-corrected chi connectivity index (χ4v) is 5.92. The normalized spacial score (nSPS) is 11.6.